The van der Waals surface area contributed by atoms with E-state index in [1.165, 1.54) is 24.9 Å². The SMILES string of the molecule is COCCn1cc(C(=O)Nc2cccc(Br)c2C)c(=O)n(C)c1=O. The molecule has 0 atom stereocenters. The molecule has 0 bridgehead atoms. The van der Waals surface area contributed by atoms with E-state index in [9.17, 15) is 14.4 Å². The Morgan fingerprint density at radius 3 is 2.71 bits per heavy atom. The Labute approximate surface area is 147 Å². The number of benzene rings is 1. The van der Waals surface area contributed by atoms with E-state index < -0.39 is 17.2 Å². The number of rotatable bonds is 5. The fourth-order valence-electron chi connectivity index (χ4n) is 2.16. The normalized spacial score (nSPS) is 10.7. The van der Waals surface area contributed by atoms with Crippen LogP contribution in [-0.2, 0) is 18.3 Å². The molecule has 0 fully saturated rings. The predicted octanol–water partition coefficient (Wildman–Crippen LogP) is 1.52. The van der Waals surface area contributed by atoms with Crippen molar-refractivity contribution in [3.8, 4) is 0 Å². The van der Waals surface area contributed by atoms with Gasteiger partial charge in [0.25, 0.3) is 11.5 Å². The number of hydrogen-bond acceptors (Lipinski definition) is 4. The lowest BCUT2D eigenvalue weighted by molar-refractivity contribution is 0.102. The fourth-order valence-corrected chi connectivity index (χ4v) is 2.53. The smallest absolute Gasteiger partial charge is 0.330 e. The number of halogens is 1. The molecule has 1 aromatic carbocycles. The third-order valence-electron chi connectivity index (χ3n) is 3.65. The zero-order valence-corrected chi connectivity index (χ0v) is 15.2. The van der Waals surface area contributed by atoms with E-state index in [1.54, 1.807) is 12.1 Å². The Morgan fingerprint density at radius 1 is 1.33 bits per heavy atom. The van der Waals surface area contributed by atoms with Gasteiger partial charge in [0.05, 0.1) is 13.2 Å². The monoisotopic (exact) mass is 395 g/mol. The Bertz CT molecular complexity index is 886. The summed E-state index contributed by atoms with van der Waals surface area (Å²) in [6, 6.07) is 5.38. The van der Waals surface area contributed by atoms with Crippen molar-refractivity contribution in [2.45, 2.75) is 13.5 Å². The van der Waals surface area contributed by atoms with Crippen molar-refractivity contribution in [1.29, 1.82) is 0 Å². The summed E-state index contributed by atoms with van der Waals surface area (Å²) in [5.41, 5.74) is 0.195. The van der Waals surface area contributed by atoms with Gasteiger partial charge in [-0.25, -0.2) is 4.79 Å². The number of amides is 1. The second-order valence-corrected chi connectivity index (χ2v) is 6.10. The molecule has 24 heavy (non-hydrogen) atoms. The van der Waals surface area contributed by atoms with Crippen molar-refractivity contribution < 1.29 is 9.53 Å². The summed E-state index contributed by atoms with van der Waals surface area (Å²) in [6.45, 7) is 2.39. The zero-order valence-electron chi connectivity index (χ0n) is 13.6. The number of methoxy groups -OCH3 is 1. The molecular formula is C16H18BrN3O4. The first kappa shape index (κ1) is 18.2. The summed E-state index contributed by atoms with van der Waals surface area (Å²) in [6.07, 6.45) is 1.27. The molecule has 0 aliphatic rings. The number of carbonyl (C=O) groups is 1. The van der Waals surface area contributed by atoms with Crippen LogP contribution in [0.15, 0.2) is 38.5 Å². The van der Waals surface area contributed by atoms with Crippen LogP contribution in [-0.4, -0.2) is 28.8 Å². The highest BCUT2D eigenvalue weighted by Gasteiger charge is 2.17. The van der Waals surface area contributed by atoms with Gasteiger partial charge in [-0.15, -0.1) is 0 Å². The van der Waals surface area contributed by atoms with E-state index in [-0.39, 0.29) is 12.1 Å². The van der Waals surface area contributed by atoms with Crippen LogP contribution in [0, 0.1) is 6.92 Å². The molecule has 1 N–H and O–H groups in total. The van der Waals surface area contributed by atoms with Crippen molar-refractivity contribution in [1.82, 2.24) is 9.13 Å². The minimum absolute atomic E-state index is 0.104. The lowest BCUT2D eigenvalue weighted by Gasteiger charge is -2.12. The highest BCUT2D eigenvalue weighted by Crippen LogP contribution is 2.23. The maximum atomic E-state index is 12.5. The molecule has 7 nitrogen and oxygen atoms in total. The first-order valence-corrected chi connectivity index (χ1v) is 8.02. The number of hydrogen-bond donors (Lipinski definition) is 1. The molecule has 0 saturated carbocycles. The van der Waals surface area contributed by atoms with Crippen molar-refractivity contribution in [2.24, 2.45) is 7.05 Å². The molecule has 0 aliphatic heterocycles. The number of nitrogens with one attached hydrogen (secondary N) is 1. The number of aromatic nitrogens is 2. The molecule has 0 radical (unpaired) electrons. The van der Waals surface area contributed by atoms with Crippen LogP contribution in [0.25, 0.3) is 0 Å². The molecule has 128 valence electrons. The van der Waals surface area contributed by atoms with Gasteiger partial charge in [0.1, 0.15) is 5.56 Å². The van der Waals surface area contributed by atoms with Gasteiger partial charge in [-0.2, -0.15) is 0 Å². The molecule has 2 rings (SSSR count). The van der Waals surface area contributed by atoms with Gasteiger partial charge < -0.3 is 10.1 Å². The quantitative estimate of drug-likeness (QED) is 0.831. The number of nitrogens with zero attached hydrogens (tertiary/aromatic N) is 2. The number of anilines is 1. The zero-order chi connectivity index (χ0) is 17.9. The largest absolute Gasteiger partial charge is 0.383 e. The molecule has 0 unspecified atom stereocenters. The van der Waals surface area contributed by atoms with Crippen LogP contribution < -0.4 is 16.6 Å². The van der Waals surface area contributed by atoms with E-state index in [0.717, 1.165) is 14.6 Å². The fraction of sp³-hybridized carbons (Fsp3) is 0.312. The second kappa shape index (κ2) is 7.59. The molecule has 0 spiro atoms. The molecule has 1 aromatic heterocycles. The number of carbonyl (C=O) groups excluding carboxylic acids is 1. The van der Waals surface area contributed by atoms with Crippen molar-refractivity contribution in [3.05, 3.63) is 60.8 Å². The third kappa shape index (κ3) is 3.65. The Kier molecular flexibility index (Phi) is 5.74. The Morgan fingerprint density at radius 2 is 2.04 bits per heavy atom. The maximum Gasteiger partial charge on any atom is 0.330 e. The van der Waals surface area contributed by atoms with Gasteiger partial charge in [-0.1, -0.05) is 22.0 Å². The molecule has 1 heterocycles. The molecule has 0 aliphatic carbocycles. The topological polar surface area (TPSA) is 82.3 Å². The summed E-state index contributed by atoms with van der Waals surface area (Å²) >= 11 is 3.39. The van der Waals surface area contributed by atoms with Crippen LogP contribution in [0.2, 0.25) is 0 Å². The minimum atomic E-state index is -0.640. The first-order valence-electron chi connectivity index (χ1n) is 7.22. The van der Waals surface area contributed by atoms with Gasteiger partial charge in [0.2, 0.25) is 0 Å². The van der Waals surface area contributed by atoms with Gasteiger partial charge in [-0.05, 0) is 24.6 Å². The summed E-state index contributed by atoms with van der Waals surface area (Å²) in [7, 11) is 2.85. The Balaban J connectivity index is 2.42. The maximum absolute atomic E-state index is 12.5. The molecule has 8 heteroatoms. The van der Waals surface area contributed by atoms with E-state index >= 15 is 0 Å². The van der Waals surface area contributed by atoms with Crippen LogP contribution in [0.3, 0.4) is 0 Å². The lowest BCUT2D eigenvalue weighted by atomic mass is 10.2. The van der Waals surface area contributed by atoms with Gasteiger partial charge in [-0.3, -0.25) is 18.7 Å². The van der Waals surface area contributed by atoms with Crippen molar-refractivity contribution in [3.63, 3.8) is 0 Å². The van der Waals surface area contributed by atoms with E-state index in [4.69, 9.17) is 4.74 Å². The lowest BCUT2D eigenvalue weighted by Crippen LogP contribution is -2.42. The van der Waals surface area contributed by atoms with E-state index in [0.29, 0.717) is 12.3 Å². The summed E-state index contributed by atoms with van der Waals surface area (Å²) < 4.78 is 7.99. The predicted molar refractivity (Wildman–Crippen MR) is 94.7 cm³/mol. The third-order valence-corrected chi connectivity index (χ3v) is 4.51. The second-order valence-electron chi connectivity index (χ2n) is 5.24. The van der Waals surface area contributed by atoms with Crippen LogP contribution in [0.1, 0.15) is 15.9 Å². The summed E-state index contributed by atoms with van der Waals surface area (Å²) in [5, 5.41) is 2.71. The number of ether oxygens (including phenoxy) is 1. The summed E-state index contributed by atoms with van der Waals surface area (Å²) in [4.78, 5) is 36.8. The van der Waals surface area contributed by atoms with Gasteiger partial charge in [0.15, 0.2) is 0 Å². The molecule has 0 saturated heterocycles. The minimum Gasteiger partial charge on any atom is -0.383 e. The van der Waals surface area contributed by atoms with E-state index in [1.807, 2.05) is 13.0 Å². The van der Waals surface area contributed by atoms with Crippen LogP contribution >= 0.6 is 15.9 Å². The van der Waals surface area contributed by atoms with Gasteiger partial charge >= 0.3 is 5.69 Å². The van der Waals surface area contributed by atoms with Gasteiger partial charge in [0, 0.05) is 30.5 Å². The van der Waals surface area contributed by atoms with Crippen LogP contribution in [0.4, 0.5) is 5.69 Å². The van der Waals surface area contributed by atoms with Crippen LogP contribution in [0.5, 0.6) is 0 Å². The summed E-state index contributed by atoms with van der Waals surface area (Å²) in [5.74, 6) is -0.567. The highest BCUT2D eigenvalue weighted by atomic mass is 79.9. The van der Waals surface area contributed by atoms with Crippen molar-refractivity contribution >= 4 is 27.5 Å². The van der Waals surface area contributed by atoms with E-state index in [2.05, 4.69) is 21.2 Å². The standard InChI is InChI=1S/C16H18BrN3O4/c1-10-12(17)5-4-6-13(10)18-14(21)11-9-20(7-8-24-3)16(23)19(2)15(11)22/h4-6,9H,7-8H2,1-3H3,(H,18,21). The average Bonchev–Trinajstić information content (AvgIpc) is 2.56. The Hall–Kier alpha value is -2.19. The van der Waals surface area contributed by atoms with Crippen molar-refractivity contribution in [2.75, 3.05) is 19.0 Å². The molecule has 1 amide bonds. The molecule has 2 aromatic rings. The first-order chi connectivity index (χ1) is 11.4. The molecular weight excluding hydrogens is 378 g/mol. The average molecular weight is 396 g/mol. The highest BCUT2D eigenvalue weighted by molar-refractivity contribution is 9.10.